The van der Waals surface area contributed by atoms with Crippen LogP contribution in [-0.2, 0) is 9.53 Å². The smallest absolute Gasteiger partial charge is 0.233 e. The molecule has 2 N–H and O–H groups in total. The molecule has 1 rings (SSSR count). The van der Waals surface area contributed by atoms with Crippen LogP contribution in [0.25, 0.3) is 0 Å². The fourth-order valence-electron chi connectivity index (χ4n) is 3.47. The van der Waals surface area contributed by atoms with Crippen molar-refractivity contribution in [2.24, 2.45) is 0 Å². The quantitative estimate of drug-likeness (QED) is 0.461. The van der Waals surface area contributed by atoms with Gasteiger partial charge in [0.25, 0.3) is 0 Å². The van der Waals surface area contributed by atoms with Crippen LogP contribution in [0.3, 0.4) is 0 Å². The standard InChI is InChI=1S/C21H43N3O2/c1-18(2)23-16-21(25)22-13-9-7-5-6-8-10-14-24-15-11-12-20(17-24)26-19(3)4/h18-20,23H,5-17H2,1-4H3,(H,22,25). The molecule has 1 fully saturated rings. The Morgan fingerprint density at radius 3 is 2.46 bits per heavy atom. The summed E-state index contributed by atoms with van der Waals surface area (Å²) in [5.74, 6) is 0.111. The predicted octanol–water partition coefficient (Wildman–Crippen LogP) is 3.33. The normalized spacial score (nSPS) is 18.6. The van der Waals surface area contributed by atoms with E-state index in [-0.39, 0.29) is 5.91 Å². The first-order valence-electron chi connectivity index (χ1n) is 10.8. The molecule has 5 nitrogen and oxygen atoms in total. The first kappa shape index (κ1) is 23.4. The van der Waals surface area contributed by atoms with Gasteiger partial charge in [-0.15, -0.1) is 0 Å². The number of hydrogen-bond acceptors (Lipinski definition) is 4. The Labute approximate surface area is 161 Å². The molecule has 0 aromatic heterocycles. The highest BCUT2D eigenvalue weighted by Gasteiger charge is 2.20. The van der Waals surface area contributed by atoms with E-state index in [1.54, 1.807) is 0 Å². The maximum atomic E-state index is 11.6. The van der Waals surface area contributed by atoms with E-state index in [9.17, 15) is 4.79 Å². The minimum absolute atomic E-state index is 0.111. The van der Waals surface area contributed by atoms with E-state index in [0.717, 1.165) is 19.5 Å². The van der Waals surface area contributed by atoms with Crippen LogP contribution in [0.5, 0.6) is 0 Å². The van der Waals surface area contributed by atoms with Gasteiger partial charge in [0, 0.05) is 19.1 Å². The van der Waals surface area contributed by atoms with E-state index >= 15 is 0 Å². The number of rotatable bonds is 14. The van der Waals surface area contributed by atoms with E-state index in [1.807, 2.05) is 0 Å². The number of hydrogen-bond donors (Lipinski definition) is 2. The summed E-state index contributed by atoms with van der Waals surface area (Å²) in [6.07, 6.45) is 10.8. The Morgan fingerprint density at radius 2 is 1.77 bits per heavy atom. The van der Waals surface area contributed by atoms with Crippen LogP contribution in [0.4, 0.5) is 0 Å². The number of nitrogens with zero attached hydrogens (tertiary/aromatic N) is 1. The van der Waals surface area contributed by atoms with Crippen LogP contribution in [0.1, 0.15) is 79.1 Å². The number of carbonyl (C=O) groups is 1. The van der Waals surface area contributed by atoms with Crippen LogP contribution in [0.2, 0.25) is 0 Å². The van der Waals surface area contributed by atoms with Gasteiger partial charge in [-0.25, -0.2) is 0 Å². The molecule has 1 amide bonds. The minimum atomic E-state index is 0.111. The maximum Gasteiger partial charge on any atom is 0.233 e. The van der Waals surface area contributed by atoms with Crippen LogP contribution < -0.4 is 10.6 Å². The lowest BCUT2D eigenvalue weighted by atomic mass is 10.1. The summed E-state index contributed by atoms with van der Waals surface area (Å²) in [6.45, 7) is 13.2. The van der Waals surface area contributed by atoms with E-state index in [0.29, 0.717) is 24.8 Å². The molecule has 26 heavy (non-hydrogen) atoms. The number of likely N-dealkylation sites (tertiary alicyclic amines) is 1. The monoisotopic (exact) mass is 369 g/mol. The fourth-order valence-corrected chi connectivity index (χ4v) is 3.47. The van der Waals surface area contributed by atoms with Crippen molar-refractivity contribution in [3.63, 3.8) is 0 Å². The first-order valence-corrected chi connectivity index (χ1v) is 10.8. The average molecular weight is 370 g/mol. The summed E-state index contributed by atoms with van der Waals surface area (Å²) in [5.41, 5.74) is 0. The molecule has 0 aromatic rings. The van der Waals surface area contributed by atoms with E-state index in [4.69, 9.17) is 4.74 Å². The van der Waals surface area contributed by atoms with Gasteiger partial charge < -0.3 is 20.3 Å². The third-order valence-electron chi connectivity index (χ3n) is 4.82. The molecule has 0 aromatic carbocycles. The van der Waals surface area contributed by atoms with Crippen LogP contribution >= 0.6 is 0 Å². The van der Waals surface area contributed by atoms with Crippen LogP contribution in [0.15, 0.2) is 0 Å². The van der Waals surface area contributed by atoms with Crippen LogP contribution in [-0.4, -0.2) is 61.8 Å². The topological polar surface area (TPSA) is 53.6 Å². The summed E-state index contributed by atoms with van der Waals surface area (Å²) in [7, 11) is 0. The average Bonchev–Trinajstić information content (AvgIpc) is 2.58. The van der Waals surface area contributed by atoms with Crippen molar-refractivity contribution in [3.8, 4) is 0 Å². The number of nitrogens with one attached hydrogen (secondary N) is 2. The molecule has 0 saturated carbocycles. The molecule has 1 heterocycles. The lowest BCUT2D eigenvalue weighted by Gasteiger charge is -2.33. The van der Waals surface area contributed by atoms with Crippen molar-refractivity contribution < 1.29 is 9.53 Å². The summed E-state index contributed by atoms with van der Waals surface area (Å²) in [5, 5.41) is 6.12. The minimum Gasteiger partial charge on any atom is -0.374 e. The molecule has 0 bridgehead atoms. The van der Waals surface area contributed by atoms with Gasteiger partial charge in [-0.05, 0) is 52.6 Å². The Kier molecular flexibility index (Phi) is 13.0. The summed E-state index contributed by atoms with van der Waals surface area (Å²) in [6, 6.07) is 0.360. The molecule has 1 aliphatic rings. The highest BCUT2D eigenvalue weighted by molar-refractivity contribution is 5.77. The van der Waals surface area contributed by atoms with Gasteiger partial charge in [-0.1, -0.05) is 39.5 Å². The molecular weight excluding hydrogens is 326 g/mol. The number of carbonyl (C=O) groups excluding carboxylic acids is 1. The summed E-state index contributed by atoms with van der Waals surface area (Å²) < 4.78 is 5.97. The van der Waals surface area contributed by atoms with Crippen molar-refractivity contribution in [2.45, 2.75) is 97.3 Å². The van der Waals surface area contributed by atoms with E-state index < -0.39 is 0 Å². The van der Waals surface area contributed by atoms with Gasteiger partial charge in [-0.2, -0.15) is 0 Å². The molecule has 154 valence electrons. The number of piperidine rings is 1. The van der Waals surface area contributed by atoms with Crippen molar-refractivity contribution >= 4 is 5.91 Å². The Bertz CT molecular complexity index is 361. The zero-order chi connectivity index (χ0) is 19.2. The van der Waals surface area contributed by atoms with Gasteiger partial charge in [0.1, 0.15) is 0 Å². The zero-order valence-corrected chi connectivity index (χ0v) is 17.7. The highest BCUT2D eigenvalue weighted by atomic mass is 16.5. The summed E-state index contributed by atoms with van der Waals surface area (Å²) >= 11 is 0. The van der Waals surface area contributed by atoms with Gasteiger partial charge in [0.2, 0.25) is 5.91 Å². The molecular formula is C21H43N3O2. The molecule has 0 spiro atoms. The molecule has 1 aliphatic heterocycles. The largest absolute Gasteiger partial charge is 0.374 e. The second kappa shape index (κ2) is 14.4. The van der Waals surface area contributed by atoms with E-state index in [2.05, 4.69) is 43.2 Å². The predicted molar refractivity (Wildman–Crippen MR) is 110 cm³/mol. The van der Waals surface area contributed by atoms with Crippen LogP contribution in [0, 0.1) is 0 Å². The fraction of sp³-hybridized carbons (Fsp3) is 0.952. The summed E-state index contributed by atoms with van der Waals surface area (Å²) in [4.78, 5) is 14.1. The van der Waals surface area contributed by atoms with Gasteiger partial charge in [-0.3, -0.25) is 4.79 Å². The first-order chi connectivity index (χ1) is 12.5. The van der Waals surface area contributed by atoms with Crippen molar-refractivity contribution in [3.05, 3.63) is 0 Å². The molecule has 1 saturated heterocycles. The van der Waals surface area contributed by atoms with Gasteiger partial charge >= 0.3 is 0 Å². The SMILES string of the molecule is CC(C)NCC(=O)NCCCCCCCCN1CCCC(OC(C)C)C1. The lowest BCUT2D eigenvalue weighted by molar-refractivity contribution is -0.120. The number of ether oxygens (including phenoxy) is 1. The molecule has 0 aliphatic carbocycles. The Hall–Kier alpha value is -0.650. The molecule has 5 heteroatoms. The van der Waals surface area contributed by atoms with Crippen molar-refractivity contribution in [1.82, 2.24) is 15.5 Å². The third kappa shape index (κ3) is 12.7. The van der Waals surface area contributed by atoms with Gasteiger partial charge in [0.05, 0.1) is 18.8 Å². The van der Waals surface area contributed by atoms with Gasteiger partial charge in [0.15, 0.2) is 0 Å². The third-order valence-corrected chi connectivity index (χ3v) is 4.82. The zero-order valence-electron chi connectivity index (χ0n) is 17.7. The molecule has 0 radical (unpaired) electrons. The molecule has 1 unspecified atom stereocenters. The number of amides is 1. The number of unbranched alkanes of at least 4 members (excludes halogenated alkanes) is 5. The second-order valence-electron chi connectivity index (χ2n) is 8.26. The van der Waals surface area contributed by atoms with Crippen molar-refractivity contribution in [2.75, 3.05) is 32.7 Å². The van der Waals surface area contributed by atoms with E-state index in [1.165, 1.54) is 58.0 Å². The Morgan fingerprint density at radius 1 is 1.08 bits per heavy atom. The molecule has 1 atom stereocenters. The Balaban J connectivity index is 1.89. The van der Waals surface area contributed by atoms with Crippen molar-refractivity contribution in [1.29, 1.82) is 0 Å². The highest BCUT2D eigenvalue weighted by Crippen LogP contribution is 2.16. The lowest BCUT2D eigenvalue weighted by Crippen LogP contribution is -2.41. The maximum absolute atomic E-state index is 11.6. The second-order valence-corrected chi connectivity index (χ2v) is 8.26.